The fraction of sp³-hybridized carbons (Fsp3) is 0.579. The van der Waals surface area contributed by atoms with Gasteiger partial charge in [0.1, 0.15) is 5.82 Å². The molecule has 0 radical (unpaired) electrons. The number of benzene rings is 1. The lowest BCUT2D eigenvalue weighted by atomic mass is 10.2. The summed E-state index contributed by atoms with van der Waals surface area (Å²) in [5.41, 5.74) is 2.88. The number of rotatable bonds is 6. The summed E-state index contributed by atoms with van der Waals surface area (Å²) >= 11 is 0. The molecule has 0 atom stereocenters. The quantitative estimate of drug-likeness (QED) is 0.873. The van der Waals surface area contributed by atoms with E-state index in [0.29, 0.717) is 6.42 Å². The van der Waals surface area contributed by atoms with Crippen molar-refractivity contribution in [3.63, 3.8) is 0 Å². The first-order valence-corrected chi connectivity index (χ1v) is 9.30. The molecule has 2 heterocycles. The molecule has 0 saturated carbocycles. The topological polar surface area (TPSA) is 53.4 Å². The van der Waals surface area contributed by atoms with Crippen LogP contribution in [0.5, 0.6) is 0 Å². The Balaban J connectivity index is 1.65. The van der Waals surface area contributed by atoms with Crippen molar-refractivity contribution in [1.29, 1.82) is 0 Å². The van der Waals surface area contributed by atoms with Gasteiger partial charge in [0.2, 0.25) is 5.91 Å². The Morgan fingerprint density at radius 1 is 1.16 bits per heavy atom. The molecule has 6 heteroatoms. The summed E-state index contributed by atoms with van der Waals surface area (Å²) in [5.74, 6) is 1.13. The monoisotopic (exact) mass is 343 g/mol. The third-order valence-electron chi connectivity index (χ3n) is 5.14. The molecule has 1 saturated heterocycles. The predicted molar refractivity (Wildman–Crippen MR) is 102 cm³/mol. The maximum absolute atomic E-state index is 11.6. The summed E-state index contributed by atoms with van der Waals surface area (Å²) in [4.78, 5) is 21.4. The minimum absolute atomic E-state index is 0.0294. The molecule has 3 rings (SSSR count). The van der Waals surface area contributed by atoms with Crippen molar-refractivity contribution in [3.8, 4) is 0 Å². The van der Waals surface area contributed by atoms with Gasteiger partial charge in [-0.2, -0.15) is 0 Å². The Morgan fingerprint density at radius 3 is 2.56 bits per heavy atom. The van der Waals surface area contributed by atoms with Gasteiger partial charge in [-0.1, -0.05) is 13.8 Å². The number of piperazine rings is 1. The molecule has 1 amide bonds. The van der Waals surface area contributed by atoms with Crippen molar-refractivity contribution in [2.75, 3.05) is 44.6 Å². The largest absolute Gasteiger partial charge is 0.331 e. The van der Waals surface area contributed by atoms with Gasteiger partial charge in [0.15, 0.2) is 0 Å². The van der Waals surface area contributed by atoms with Crippen LogP contribution in [-0.4, -0.2) is 64.5 Å². The third kappa shape index (κ3) is 4.19. The number of aromatic nitrogens is 2. The molecule has 0 unspecified atom stereocenters. The number of aryl methyl sites for hydroxylation is 1. The Hall–Kier alpha value is -1.92. The number of imidazole rings is 1. The Morgan fingerprint density at radius 2 is 1.88 bits per heavy atom. The van der Waals surface area contributed by atoms with E-state index in [2.05, 4.69) is 33.7 Å². The van der Waals surface area contributed by atoms with Gasteiger partial charge in [-0.15, -0.1) is 0 Å². The molecule has 1 fully saturated rings. The number of carbonyl (C=O) groups excluding carboxylic acids is 1. The van der Waals surface area contributed by atoms with Crippen molar-refractivity contribution in [2.45, 2.75) is 26.7 Å². The second kappa shape index (κ2) is 7.97. The van der Waals surface area contributed by atoms with Crippen LogP contribution < -0.4 is 5.32 Å². The minimum atomic E-state index is 0.0294. The third-order valence-corrected chi connectivity index (χ3v) is 5.14. The van der Waals surface area contributed by atoms with Crippen LogP contribution in [0.1, 0.15) is 26.1 Å². The number of nitrogens with one attached hydrogen (secondary N) is 1. The summed E-state index contributed by atoms with van der Waals surface area (Å²) in [6.45, 7) is 10.9. The lowest BCUT2D eigenvalue weighted by Gasteiger charge is -2.33. The maximum atomic E-state index is 11.6. The van der Waals surface area contributed by atoms with E-state index in [4.69, 9.17) is 4.98 Å². The highest BCUT2D eigenvalue weighted by Crippen LogP contribution is 2.20. The number of likely N-dealkylation sites (N-methyl/N-ethyl adjacent to an activating group) is 1. The number of carbonyl (C=O) groups is 1. The van der Waals surface area contributed by atoms with Gasteiger partial charge in [-0.25, -0.2) is 4.98 Å². The molecule has 2 aromatic rings. The molecule has 1 aromatic heterocycles. The first-order chi connectivity index (χ1) is 12.1. The van der Waals surface area contributed by atoms with Gasteiger partial charge in [0, 0.05) is 58.3 Å². The molecule has 25 heavy (non-hydrogen) atoms. The van der Waals surface area contributed by atoms with Crippen LogP contribution in [0.4, 0.5) is 5.69 Å². The molecular formula is C19H29N5O. The van der Waals surface area contributed by atoms with E-state index in [1.807, 2.05) is 25.1 Å². The van der Waals surface area contributed by atoms with Crippen LogP contribution in [0.25, 0.3) is 11.0 Å². The highest BCUT2D eigenvalue weighted by atomic mass is 16.1. The van der Waals surface area contributed by atoms with Crippen LogP contribution in [0, 0.1) is 0 Å². The molecule has 0 aliphatic carbocycles. The van der Waals surface area contributed by atoms with Gasteiger partial charge in [0.05, 0.1) is 11.0 Å². The molecule has 0 bridgehead atoms. The van der Waals surface area contributed by atoms with E-state index < -0.39 is 0 Å². The molecule has 1 aromatic carbocycles. The SMILES string of the molecule is CCC(=O)Nc1ccc2c(c1)nc(CCN1CCN(CC)CC1)n2C. The highest BCUT2D eigenvalue weighted by Gasteiger charge is 2.16. The van der Waals surface area contributed by atoms with E-state index in [1.54, 1.807) is 0 Å². The molecule has 6 nitrogen and oxygen atoms in total. The highest BCUT2D eigenvalue weighted by molar-refractivity contribution is 5.92. The summed E-state index contributed by atoms with van der Waals surface area (Å²) < 4.78 is 2.17. The molecule has 0 spiro atoms. The van der Waals surface area contributed by atoms with E-state index in [1.165, 1.54) is 13.1 Å². The molecule has 1 aliphatic heterocycles. The van der Waals surface area contributed by atoms with Crippen LogP contribution in [-0.2, 0) is 18.3 Å². The zero-order valence-corrected chi connectivity index (χ0v) is 15.6. The van der Waals surface area contributed by atoms with E-state index in [-0.39, 0.29) is 5.91 Å². The number of fused-ring (bicyclic) bond motifs is 1. The summed E-state index contributed by atoms with van der Waals surface area (Å²) in [5, 5.41) is 2.90. The van der Waals surface area contributed by atoms with Gasteiger partial charge < -0.3 is 19.7 Å². The lowest BCUT2D eigenvalue weighted by Crippen LogP contribution is -2.46. The number of hydrogen-bond donors (Lipinski definition) is 1. The van der Waals surface area contributed by atoms with Gasteiger partial charge in [0.25, 0.3) is 0 Å². The molecule has 1 N–H and O–H groups in total. The minimum Gasteiger partial charge on any atom is -0.331 e. The molecular weight excluding hydrogens is 314 g/mol. The zero-order chi connectivity index (χ0) is 17.8. The average molecular weight is 343 g/mol. The van der Waals surface area contributed by atoms with Crippen molar-refractivity contribution in [1.82, 2.24) is 19.4 Å². The zero-order valence-electron chi connectivity index (χ0n) is 15.6. The Labute approximate surface area is 149 Å². The molecule has 136 valence electrons. The van der Waals surface area contributed by atoms with Gasteiger partial charge in [-0.05, 0) is 24.7 Å². The molecule has 1 aliphatic rings. The summed E-state index contributed by atoms with van der Waals surface area (Å²) in [6, 6.07) is 5.95. The van der Waals surface area contributed by atoms with Crippen molar-refractivity contribution >= 4 is 22.6 Å². The van der Waals surface area contributed by atoms with Crippen LogP contribution in [0.15, 0.2) is 18.2 Å². The van der Waals surface area contributed by atoms with Gasteiger partial charge in [-0.3, -0.25) is 4.79 Å². The fourth-order valence-electron chi connectivity index (χ4n) is 3.39. The fourth-order valence-corrected chi connectivity index (χ4v) is 3.39. The number of anilines is 1. The number of nitrogens with zero attached hydrogens (tertiary/aromatic N) is 4. The summed E-state index contributed by atoms with van der Waals surface area (Å²) in [6.07, 6.45) is 1.44. The van der Waals surface area contributed by atoms with Crippen molar-refractivity contribution < 1.29 is 4.79 Å². The van der Waals surface area contributed by atoms with Crippen LogP contribution >= 0.6 is 0 Å². The van der Waals surface area contributed by atoms with E-state index in [0.717, 1.165) is 55.1 Å². The van der Waals surface area contributed by atoms with Crippen LogP contribution in [0.3, 0.4) is 0 Å². The standard InChI is InChI=1S/C19H29N5O/c1-4-19(25)20-15-6-7-17-16(14-15)21-18(22(17)3)8-9-24-12-10-23(5-2)11-13-24/h6-7,14H,4-5,8-13H2,1-3H3,(H,20,25). The van der Waals surface area contributed by atoms with Crippen molar-refractivity contribution in [3.05, 3.63) is 24.0 Å². The smallest absolute Gasteiger partial charge is 0.224 e. The Bertz CT molecular complexity index is 731. The number of amides is 1. The predicted octanol–water partition coefficient (Wildman–Crippen LogP) is 2.10. The first-order valence-electron chi connectivity index (χ1n) is 9.30. The second-order valence-electron chi connectivity index (χ2n) is 6.72. The first kappa shape index (κ1) is 17.9. The normalized spacial score (nSPS) is 16.4. The average Bonchev–Trinajstić information content (AvgIpc) is 2.95. The van der Waals surface area contributed by atoms with E-state index in [9.17, 15) is 4.79 Å². The number of hydrogen-bond acceptors (Lipinski definition) is 4. The maximum Gasteiger partial charge on any atom is 0.224 e. The summed E-state index contributed by atoms with van der Waals surface area (Å²) in [7, 11) is 2.07. The lowest BCUT2D eigenvalue weighted by molar-refractivity contribution is -0.115. The van der Waals surface area contributed by atoms with Crippen LogP contribution in [0.2, 0.25) is 0 Å². The van der Waals surface area contributed by atoms with Gasteiger partial charge >= 0.3 is 0 Å². The van der Waals surface area contributed by atoms with Crippen molar-refractivity contribution in [2.24, 2.45) is 7.05 Å². The second-order valence-corrected chi connectivity index (χ2v) is 6.72. The Kier molecular flexibility index (Phi) is 5.71. The van der Waals surface area contributed by atoms with E-state index >= 15 is 0 Å².